The van der Waals surface area contributed by atoms with Gasteiger partial charge in [-0.25, -0.2) is 5.43 Å². The Hall–Kier alpha value is -2.40. The van der Waals surface area contributed by atoms with Gasteiger partial charge in [0.1, 0.15) is 0 Å². The van der Waals surface area contributed by atoms with Crippen LogP contribution in [-0.4, -0.2) is 35.2 Å². The normalized spacial score (nSPS) is 18.0. The lowest BCUT2D eigenvalue weighted by molar-refractivity contribution is -0.121. The Balaban J connectivity index is 1.79. The van der Waals surface area contributed by atoms with Gasteiger partial charge in [-0.15, -0.1) is 0 Å². The van der Waals surface area contributed by atoms with Crippen molar-refractivity contribution in [3.8, 4) is 5.69 Å². The van der Waals surface area contributed by atoms with Crippen molar-refractivity contribution in [2.45, 2.75) is 19.9 Å². The molecule has 1 unspecified atom stereocenters. The fourth-order valence-corrected chi connectivity index (χ4v) is 2.87. The van der Waals surface area contributed by atoms with Gasteiger partial charge in [-0.2, -0.15) is 5.10 Å². The highest BCUT2D eigenvalue weighted by molar-refractivity contribution is 6.05. The van der Waals surface area contributed by atoms with E-state index in [1.165, 1.54) is 5.56 Å². The molecule has 0 saturated heterocycles. The predicted molar refractivity (Wildman–Crippen MR) is 91.6 cm³/mol. The molecule has 0 radical (unpaired) electrons. The number of rotatable bonds is 4. The fraction of sp³-hybridized carbons (Fsp3) is 0.333. The van der Waals surface area contributed by atoms with E-state index in [-0.39, 0.29) is 11.8 Å². The topological polar surface area (TPSA) is 49.6 Å². The first kappa shape index (κ1) is 15.5. The maximum Gasteiger partial charge on any atom is 0.240 e. The Morgan fingerprint density at radius 3 is 2.65 bits per heavy atom. The van der Waals surface area contributed by atoms with Crippen molar-refractivity contribution < 1.29 is 4.79 Å². The van der Waals surface area contributed by atoms with E-state index in [2.05, 4.69) is 76.8 Å². The maximum atomic E-state index is 11.3. The first-order valence-corrected chi connectivity index (χ1v) is 7.82. The zero-order valence-corrected chi connectivity index (χ0v) is 13.8. The summed E-state index contributed by atoms with van der Waals surface area (Å²) in [6.07, 6.45) is 4.72. The van der Waals surface area contributed by atoms with E-state index >= 15 is 0 Å². The Labute approximate surface area is 136 Å². The summed E-state index contributed by atoms with van der Waals surface area (Å²) in [6, 6.07) is 10.4. The SMILES string of the molecule is CC1CC(=O)NN=C1c1ccc(-n2ccc(CN(C)C)c2)cc1. The largest absolute Gasteiger partial charge is 0.324 e. The monoisotopic (exact) mass is 310 g/mol. The molecule has 1 N–H and O–H groups in total. The van der Waals surface area contributed by atoms with Gasteiger partial charge < -0.3 is 9.47 Å². The zero-order valence-electron chi connectivity index (χ0n) is 13.8. The molecule has 2 aromatic rings. The molecule has 1 aromatic heterocycles. The molecule has 2 heterocycles. The average Bonchev–Trinajstić information content (AvgIpc) is 2.95. The van der Waals surface area contributed by atoms with Crippen molar-refractivity contribution >= 4 is 11.6 Å². The van der Waals surface area contributed by atoms with Gasteiger partial charge in [0, 0.05) is 37.0 Å². The van der Waals surface area contributed by atoms with Crippen molar-refractivity contribution in [3.63, 3.8) is 0 Å². The number of carbonyl (C=O) groups is 1. The van der Waals surface area contributed by atoms with Crippen LogP contribution in [0.4, 0.5) is 0 Å². The zero-order chi connectivity index (χ0) is 16.4. The van der Waals surface area contributed by atoms with Crippen LogP contribution in [0.2, 0.25) is 0 Å². The third-order valence-electron chi connectivity index (χ3n) is 3.97. The number of hydrogen-bond donors (Lipinski definition) is 1. The molecule has 1 amide bonds. The molecule has 0 spiro atoms. The average molecular weight is 310 g/mol. The van der Waals surface area contributed by atoms with Gasteiger partial charge in [0.2, 0.25) is 5.91 Å². The first-order chi connectivity index (χ1) is 11.0. The molecule has 120 valence electrons. The summed E-state index contributed by atoms with van der Waals surface area (Å²) >= 11 is 0. The Kier molecular flexibility index (Phi) is 4.30. The number of hydrazone groups is 1. The van der Waals surface area contributed by atoms with E-state index in [4.69, 9.17) is 0 Å². The minimum absolute atomic E-state index is 0.0152. The number of aromatic nitrogens is 1. The second-order valence-corrected chi connectivity index (χ2v) is 6.35. The van der Waals surface area contributed by atoms with Crippen LogP contribution in [0.3, 0.4) is 0 Å². The molecular formula is C18H22N4O. The summed E-state index contributed by atoms with van der Waals surface area (Å²) in [6.45, 7) is 2.96. The standard InChI is InChI=1S/C18H22N4O/c1-13-10-17(23)19-20-18(13)15-4-6-16(7-5-15)22-9-8-14(12-22)11-21(2)3/h4-9,12-13H,10-11H2,1-3H3,(H,19,23). The second kappa shape index (κ2) is 6.38. The molecule has 1 aromatic carbocycles. The number of nitrogens with one attached hydrogen (secondary N) is 1. The summed E-state index contributed by atoms with van der Waals surface area (Å²) in [5.41, 5.74) is 6.97. The fourth-order valence-electron chi connectivity index (χ4n) is 2.87. The molecule has 5 heteroatoms. The third kappa shape index (κ3) is 3.51. The van der Waals surface area contributed by atoms with Gasteiger partial charge >= 0.3 is 0 Å². The number of amides is 1. The minimum Gasteiger partial charge on any atom is -0.324 e. The molecule has 0 aliphatic carbocycles. The summed E-state index contributed by atoms with van der Waals surface area (Å²) in [5.74, 6) is 0.131. The minimum atomic E-state index is -0.0152. The molecule has 0 bridgehead atoms. The van der Waals surface area contributed by atoms with E-state index in [1.54, 1.807) is 0 Å². The molecule has 5 nitrogen and oxygen atoms in total. The third-order valence-corrected chi connectivity index (χ3v) is 3.97. The highest BCUT2D eigenvalue weighted by Gasteiger charge is 2.21. The van der Waals surface area contributed by atoms with Gasteiger partial charge in [-0.3, -0.25) is 4.79 Å². The lowest BCUT2D eigenvalue weighted by Gasteiger charge is -2.19. The van der Waals surface area contributed by atoms with Gasteiger partial charge in [-0.05, 0) is 43.4 Å². The van der Waals surface area contributed by atoms with E-state index in [0.29, 0.717) is 6.42 Å². The van der Waals surface area contributed by atoms with Crippen molar-refractivity contribution in [2.24, 2.45) is 11.0 Å². The lowest BCUT2D eigenvalue weighted by Crippen LogP contribution is -2.31. The number of nitrogens with zero attached hydrogens (tertiary/aromatic N) is 3. The maximum absolute atomic E-state index is 11.3. The molecule has 0 fully saturated rings. The van der Waals surface area contributed by atoms with Gasteiger partial charge in [0.15, 0.2) is 0 Å². The van der Waals surface area contributed by atoms with Crippen molar-refractivity contribution in [2.75, 3.05) is 14.1 Å². The van der Waals surface area contributed by atoms with Crippen LogP contribution in [0.25, 0.3) is 5.69 Å². The van der Waals surface area contributed by atoms with Crippen LogP contribution in [0.1, 0.15) is 24.5 Å². The van der Waals surface area contributed by atoms with Crippen LogP contribution in [0.5, 0.6) is 0 Å². The predicted octanol–water partition coefficient (Wildman–Crippen LogP) is 2.40. The van der Waals surface area contributed by atoms with Crippen LogP contribution >= 0.6 is 0 Å². The quantitative estimate of drug-likeness (QED) is 0.943. The second-order valence-electron chi connectivity index (χ2n) is 6.35. The van der Waals surface area contributed by atoms with Crippen LogP contribution in [0.15, 0.2) is 47.8 Å². The van der Waals surface area contributed by atoms with Gasteiger partial charge in [0.25, 0.3) is 0 Å². The Morgan fingerprint density at radius 1 is 1.26 bits per heavy atom. The Bertz CT molecular complexity index is 728. The lowest BCUT2D eigenvalue weighted by atomic mass is 9.94. The van der Waals surface area contributed by atoms with E-state index in [9.17, 15) is 4.79 Å². The molecule has 3 rings (SSSR count). The summed E-state index contributed by atoms with van der Waals surface area (Å²) in [7, 11) is 4.13. The van der Waals surface area contributed by atoms with E-state index in [1.807, 2.05) is 6.92 Å². The Morgan fingerprint density at radius 2 is 2.00 bits per heavy atom. The number of benzene rings is 1. The molecule has 1 aliphatic rings. The summed E-state index contributed by atoms with van der Waals surface area (Å²) in [4.78, 5) is 13.5. The molecule has 0 saturated carbocycles. The van der Waals surface area contributed by atoms with Crippen molar-refractivity contribution in [3.05, 3.63) is 53.9 Å². The highest BCUT2D eigenvalue weighted by Crippen LogP contribution is 2.19. The molecular weight excluding hydrogens is 288 g/mol. The van der Waals surface area contributed by atoms with E-state index in [0.717, 1.165) is 23.5 Å². The summed E-state index contributed by atoms with van der Waals surface area (Å²) in [5, 5.41) is 4.21. The number of carbonyl (C=O) groups excluding carboxylic acids is 1. The highest BCUT2D eigenvalue weighted by atomic mass is 16.2. The summed E-state index contributed by atoms with van der Waals surface area (Å²) < 4.78 is 2.12. The molecule has 1 aliphatic heterocycles. The van der Waals surface area contributed by atoms with E-state index < -0.39 is 0 Å². The van der Waals surface area contributed by atoms with Crippen LogP contribution < -0.4 is 5.43 Å². The van der Waals surface area contributed by atoms with Crippen molar-refractivity contribution in [1.29, 1.82) is 0 Å². The first-order valence-electron chi connectivity index (χ1n) is 7.82. The van der Waals surface area contributed by atoms with Crippen LogP contribution in [-0.2, 0) is 11.3 Å². The smallest absolute Gasteiger partial charge is 0.240 e. The van der Waals surface area contributed by atoms with Crippen LogP contribution in [0, 0.1) is 5.92 Å². The number of hydrogen-bond acceptors (Lipinski definition) is 3. The molecule has 23 heavy (non-hydrogen) atoms. The van der Waals surface area contributed by atoms with Crippen molar-refractivity contribution in [1.82, 2.24) is 14.9 Å². The molecule has 1 atom stereocenters. The van der Waals surface area contributed by atoms with Gasteiger partial charge in [0.05, 0.1) is 5.71 Å². The van der Waals surface area contributed by atoms with Gasteiger partial charge in [-0.1, -0.05) is 19.1 Å².